The molecule has 1 fully saturated rings. The molecule has 3 aromatic rings. The second kappa shape index (κ2) is 9.62. The van der Waals surface area contributed by atoms with Crippen LogP contribution in [-0.4, -0.2) is 51.7 Å². The second-order valence-corrected chi connectivity index (χ2v) is 11.0. The molecule has 2 heterocycles. The molecule has 0 bridgehead atoms. The van der Waals surface area contributed by atoms with Gasteiger partial charge in [0, 0.05) is 25.8 Å². The number of nitrogens with one attached hydrogen (secondary N) is 1. The summed E-state index contributed by atoms with van der Waals surface area (Å²) >= 11 is 1.20. The minimum absolute atomic E-state index is 0.213. The number of anilines is 1. The van der Waals surface area contributed by atoms with Crippen LogP contribution in [0.1, 0.15) is 19.8 Å². The van der Waals surface area contributed by atoms with Crippen LogP contribution in [-0.2, 0) is 21.9 Å². The van der Waals surface area contributed by atoms with E-state index in [4.69, 9.17) is 0 Å². The van der Waals surface area contributed by atoms with Gasteiger partial charge in [-0.05, 0) is 56.2 Å². The van der Waals surface area contributed by atoms with Gasteiger partial charge >= 0.3 is 0 Å². The molecule has 33 heavy (non-hydrogen) atoms. The van der Waals surface area contributed by atoms with Crippen molar-refractivity contribution in [3.8, 4) is 11.4 Å². The number of hydrogen-bond donors (Lipinski definition) is 1. The lowest BCUT2D eigenvalue weighted by Crippen LogP contribution is -2.27. The van der Waals surface area contributed by atoms with Crippen molar-refractivity contribution in [3.63, 3.8) is 0 Å². The number of carbonyl (C=O) groups excluding carboxylic acids is 1. The monoisotopic (exact) mass is 489 g/mol. The van der Waals surface area contributed by atoms with E-state index in [-0.39, 0.29) is 10.8 Å². The Morgan fingerprint density at radius 2 is 1.76 bits per heavy atom. The van der Waals surface area contributed by atoms with Gasteiger partial charge in [-0.1, -0.05) is 23.9 Å². The molecule has 1 unspecified atom stereocenters. The van der Waals surface area contributed by atoms with Gasteiger partial charge in [-0.15, -0.1) is 10.2 Å². The Bertz CT molecular complexity index is 1260. The molecule has 0 spiro atoms. The second-order valence-electron chi connectivity index (χ2n) is 7.73. The van der Waals surface area contributed by atoms with Crippen molar-refractivity contribution in [2.45, 2.75) is 35.1 Å². The average molecular weight is 490 g/mol. The van der Waals surface area contributed by atoms with Crippen LogP contribution in [0.5, 0.6) is 0 Å². The Labute approximate surface area is 196 Å². The summed E-state index contributed by atoms with van der Waals surface area (Å²) in [6.45, 7) is 2.80. The molecule has 1 amide bonds. The van der Waals surface area contributed by atoms with Crippen LogP contribution in [0.4, 0.5) is 10.1 Å². The first-order valence-electron chi connectivity index (χ1n) is 10.5. The number of hydrogen-bond acceptors (Lipinski definition) is 6. The van der Waals surface area contributed by atoms with Crippen LogP contribution in [0, 0.1) is 5.82 Å². The van der Waals surface area contributed by atoms with Gasteiger partial charge in [0.1, 0.15) is 5.82 Å². The van der Waals surface area contributed by atoms with Gasteiger partial charge in [-0.2, -0.15) is 4.31 Å². The summed E-state index contributed by atoms with van der Waals surface area (Å²) in [6.07, 6.45) is 1.74. The van der Waals surface area contributed by atoms with E-state index in [1.165, 1.54) is 34.3 Å². The quantitative estimate of drug-likeness (QED) is 0.510. The summed E-state index contributed by atoms with van der Waals surface area (Å²) in [7, 11) is -1.78. The third kappa shape index (κ3) is 4.94. The number of aromatic nitrogens is 3. The molecule has 1 aromatic heterocycles. The van der Waals surface area contributed by atoms with Crippen molar-refractivity contribution in [2.24, 2.45) is 7.05 Å². The molecule has 8 nitrogen and oxygen atoms in total. The van der Waals surface area contributed by atoms with E-state index in [9.17, 15) is 17.6 Å². The summed E-state index contributed by atoms with van der Waals surface area (Å²) in [5.41, 5.74) is 0.832. The molecule has 1 atom stereocenters. The topological polar surface area (TPSA) is 97.2 Å². The highest BCUT2D eigenvalue weighted by Crippen LogP contribution is 2.28. The van der Waals surface area contributed by atoms with Crippen molar-refractivity contribution < 1.29 is 17.6 Å². The molecular formula is C22H24FN5O3S2. The normalized spacial score (nSPS) is 15.5. The molecule has 0 aliphatic carbocycles. The number of thioether (sulfide) groups is 1. The van der Waals surface area contributed by atoms with Crippen LogP contribution < -0.4 is 5.32 Å². The number of carbonyl (C=O) groups is 1. The molecule has 0 radical (unpaired) electrons. The lowest BCUT2D eigenvalue weighted by atomic mass is 10.2. The maximum atomic E-state index is 14.1. The summed E-state index contributed by atoms with van der Waals surface area (Å²) < 4.78 is 42.5. The molecule has 1 saturated heterocycles. The van der Waals surface area contributed by atoms with E-state index < -0.39 is 21.1 Å². The fraction of sp³-hybridized carbons (Fsp3) is 0.318. The van der Waals surface area contributed by atoms with Gasteiger partial charge in [0.15, 0.2) is 11.0 Å². The van der Waals surface area contributed by atoms with Crippen LogP contribution in [0.3, 0.4) is 0 Å². The van der Waals surface area contributed by atoms with Crippen LogP contribution >= 0.6 is 11.8 Å². The summed E-state index contributed by atoms with van der Waals surface area (Å²) in [5.74, 6) is -0.297. The van der Waals surface area contributed by atoms with Crippen LogP contribution in [0.2, 0.25) is 0 Å². The number of rotatable bonds is 7. The Balaban J connectivity index is 1.41. The molecule has 2 aromatic carbocycles. The largest absolute Gasteiger partial charge is 0.325 e. The molecule has 4 rings (SSSR count). The highest BCUT2D eigenvalue weighted by atomic mass is 32.2. The van der Waals surface area contributed by atoms with E-state index in [2.05, 4.69) is 15.5 Å². The van der Waals surface area contributed by atoms with E-state index >= 15 is 0 Å². The first-order chi connectivity index (χ1) is 15.8. The standard InChI is InChI=1S/C22H24FN5O3S2/c1-15(32-22-26-25-20(27(22)2)18-7-3-4-8-19(18)23)21(29)24-16-9-11-17(12-10-16)33(30,31)28-13-5-6-14-28/h3-4,7-12,15H,5-6,13-14H2,1-2H3,(H,24,29). The van der Waals surface area contributed by atoms with Gasteiger partial charge in [0.05, 0.1) is 15.7 Å². The Kier molecular flexibility index (Phi) is 6.82. The fourth-order valence-electron chi connectivity index (χ4n) is 3.54. The first-order valence-corrected chi connectivity index (χ1v) is 12.8. The van der Waals surface area contributed by atoms with Crippen LogP contribution in [0.25, 0.3) is 11.4 Å². The highest BCUT2D eigenvalue weighted by Gasteiger charge is 2.27. The summed E-state index contributed by atoms with van der Waals surface area (Å²) in [6, 6.07) is 12.5. The number of halogens is 1. The molecular weight excluding hydrogens is 465 g/mol. The fourth-order valence-corrected chi connectivity index (χ4v) is 5.87. The Morgan fingerprint density at radius 1 is 1.09 bits per heavy atom. The van der Waals surface area contributed by atoms with E-state index in [0.29, 0.717) is 35.3 Å². The SMILES string of the molecule is CC(Sc1nnc(-c2ccccc2F)n1C)C(=O)Nc1ccc(S(=O)(=O)N2CCCC2)cc1. The van der Waals surface area contributed by atoms with Gasteiger partial charge < -0.3 is 9.88 Å². The third-order valence-corrected chi connectivity index (χ3v) is 8.47. The molecule has 11 heteroatoms. The number of amides is 1. The van der Waals surface area contributed by atoms with E-state index in [1.54, 1.807) is 48.9 Å². The molecule has 1 N–H and O–H groups in total. The molecule has 1 aliphatic rings. The predicted octanol–water partition coefficient (Wildman–Crippen LogP) is 3.53. The smallest absolute Gasteiger partial charge is 0.243 e. The van der Waals surface area contributed by atoms with Crippen molar-refractivity contribution in [3.05, 3.63) is 54.3 Å². The lowest BCUT2D eigenvalue weighted by molar-refractivity contribution is -0.115. The maximum Gasteiger partial charge on any atom is 0.243 e. The van der Waals surface area contributed by atoms with Crippen molar-refractivity contribution >= 4 is 33.4 Å². The van der Waals surface area contributed by atoms with Gasteiger partial charge in [-0.25, -0.2) is 12.8 Å². The molecule has 1 aliphatic heterocycles. The number of sulfonamides is 1. The first kappa shape index (κ1) is 23.4. The van der Waals surface area contributed by atoms with Crippen LogP contribution in [0.15, 0.2) is 58.6 Å². The summed E-state index contributed by atoms with van der Waals surface area (Å²) in [5, 5.41) is 10.9. The van der Waals surface area contributed by atoms with Crippen molar-refractivity contribution in [1.29, 1.82) is 0 Å². The van der Waals surface area contributed by atoms with Gasteiger partial charge in [0.25, 0.3) is 0 Å². The van der Waals surface area contributed by atoms with Crippen molar-refractivity contribution in [2.75, 3.05) is 18.4 Å². The predicted molar refractivity (Wildman–Crippen MR) is 125 cm³/mol. The third-order valence-electron chi connectivity index (χ3n) is 5.43. The van der Waals surface area contributed by atoms with Gasteiger partial charge in [-0.3, -0.25) is 4.79 Å². The minimum atomic E-state index is -3.50. The zero-order valence-electron chi connectivity index (χ0n) is 18.2. The molecule has 174 valence electrons. The Hall–Kier alpha value is -2.76. The lowest BCUT2D eigenvalue weighted by Gasteiger charge is -2.16. The zero-order chi connectivity index (χ0) is 23.6. The maximum absolute atomic E-state index is 14.1. The number of nitrogens with zero attached hydrogens (tertiary/aromatic N) is 4. The van der Waals surface area contributed by atoms with E-state index in [1.807, 2.05) is 0 Å². The highest BCUT2D eigenvalue weighted by molar-refractivity contribution is 8.00. The minimum Gasteiger partial charge on any atom is -0.325 e. The van der Waals surface area contributed by atoms with Gasteiger partial charge in [0.2, 0.25) is 15.9 Å². The van der Waals surface area contributed by atoms with Crippen molar-refractivity contribution in [1.82, 2.24) is 19.1 Å². The van der Waals surface area contributed by atoms with E-state index in [0.717, 1.165) is 12.8 Å². The zero-order valence-corrected chi connectivity index (χ0v) is 19.9. The Morgan fingerprint density at radius 3 is 2.42 bits per heavy atom. The molecule has 0 saturated carbocycles. The number of benzene rings is 2. The average Bonchev–Trinajstić information content (AvgIpc) is 3.46. The summed E-state index contributed by atoms with van der Waals surface area (Å²) in [4.78, 5) is 12.9.